The summed E-state index contributed by atoms with van der Waals surface area (Å²) in [6.07, 6.45) is 1.83. The van der Waals surface area contributed by atoms with Gasteiger partial charge in [-0.1, -0.05) is 0 Å². The van der Waals surface area contributed by atoms with Gasteiger partial charge in [0, 0.05) is 45.2 Å². The topological polar surface area (TPSA) is 114 Å². The van der Waals surface area contributed by atoms with Gasteiger partial charge < -0.3 is 15.1 Å². The molecule has 3 rings (SSSR count). The Hall–Kier alpha value is -1.88. The molecule has 9 nitrogen and oxygen atoms in total. The fraction of sp³-hybridized carbons (Fsp3) is 0.529. The Morgan fingerprint density at radius 2 is 1.93 bits per heavy atom. The first-order valence-electron chi connectivity index (χ1n) is 8.98. The predicted molar refractivity (Wildman–Crippen MR) is 107 cm³/mol. The highest BCUT2D eigenvalue weighted by atomic mass is 35.5. The minimum absolute atomic E-state index is 0. The Labute approximate surface area is 169 Å². The zero-order valence-electron chi connectivity index (χ0n) is 15.6. The van der Waals surface area contributed by atoms with Gasteiger partial charge in [-0.15, -0.1) is 12.4 Å². The number of likely N-dealkylation sites (N-methyl/N-ethyl adjacent to an activating group) is 1. The van der Waals surface area contributed by atoms with Gasteiger partial charge in [-0.25, -0.2) is 13.2 Å². The third kappa shape index (κ3) is 4.75. The molecular weight excluding hydrogens is 408 g/mol. The van der Waals surface area contributed by atoms with E-state index in [1.54, 1.807) is 13.1 Å². The Kier molecular flexibility index (Phi) is 7.64. The van der Waals surface area contributed by atoms with E-state index in [0.29, 0.717) is 31.7 Å². The molecule has 156 valence electrons. The molecule has 0 aliphatic carbocycles. The lowest BCUT2D eigenvalue weighted by molar-refractivity contribution is -0.121. The van der Waals surface area contributed by atoms with E-state index in [-0.39, 0.29) is 41.8 Å². The quantitative estimate of drug-likeness (QED) is 0.588. The van der Waals surface area contributed by atoms with Gasteiger partial charge in [0.25, 0.3) is 0 Å². The smallest absolute Gasteiger partial charge is 0.408 e. The maximum atomic E-state index is 12.7. The summed E-state index contributed by atoms with van der Waals surface area (Å²) in [4.78, 5) is 24.1. The predicted octanol–water partition coefficient (Wildman–Crippen LogP) is 0.526. The van der Waals surface area contributed by atoms with Gasteiger partial charge in [0.1, 0.15) is 0 Å². The van der Waals surface area contributed by atoms with Crippen LogP contribution in [-0.2, 0) is 21.4 Å². The summed E-state index contributed by atoms with van der Waals surface area (Å²) in [5.41, 5.74) is 0.680. The van der Waals surface area contributed by atoms with Gasteiger partial charge in [-0.05, 0) is 32.0 Å². The number of halogens is 1. The fourth-order valence-electron chi connectivity index (χ4n) is 3.13. The number of carbonyl (C=O) groups is 1. The van der Waals surface area contributed by atoms with Crippen LogP contribution in [0.2, 0.25) is 0 Å². The van der Waals surface area contributed by atoms with Crippen molar-refractivity contribution in [3.63, 3.8) is 0 Å². The molecule has 0 unspecified atom stereocenters. The standard InChI is InChI=1S/C17H24N4O5S.ClH/c1-18-7-8-19-16(22)6-11-21-14-5-4-13(12-15(14)26-17(21)23)27(24,25)20-9-2-3-10-20;/h4-5,12,18H,2-3,6-11H2,1H3,(H,19,22);1H. The van der Waals surface area contributed by atoms with Crippen LogP contribution in [-0.4, -0.2) is 56.4 Å². The summed E-state index contributed by atoms with van der Waals surface area (Å²) in [5.74, 6) is -0.775. The van der Waals surface area contributed by atoms with Gasteiger partial charge in [0.15, 0.2) is 5.58 Å². The molecule has 0 spiro atoms. The lowest BCUT2D eigenvalue weighted by Gasteiger charge is -2.15. The molecule has 11 heteroatoms. The summed E-state index contributed by atoms with van der Waals surface area (Å²) >= 11 is 0. The summed E-state index contributed by atoms with van der Waals surface area (Å²) in [5, 5.41) is 5.67. The van der Waals surface area contributed by atoms with Crippen LogP contribution in [0.1, 0.15) is 19.3 Å². The van der Waals surface area contributed by atoms with Crippen LogP contribution in [0.5, 0.6) is 0 Å². The number of rotatable bonds is 8. The minimum Gasteiger partial charge on any atom is -0.408 e. The van der Waals surface area contributed by atoms with Gasteiger partial charge >= 0.3 is 5.76 Å². The van der Waals surface area contributed by atoms with E-state index in [9.17, 15) is 18.0 Å². The maximum Gasteiger partial charge on any atom is 0.419 e. The Balaban J connectivity index is 0.00000280. The Bertz CT molecular complexity index is 979. The number of fused-ring (bicyclic) bond motifs is 1. The lowest BCUT2D eigenvalue weighted by atomic mass is 10.3. The minimum atomic E-state index is -3.58. The number of amides is 1. The molecule has 1 fully saturated rings. The van der Waals surface area contributed by atoms with Crippen molar-refractivity contribution in [3.05, 3.63) is 28.7 Å². The second-order valence-electron chi connectivity index (χ2n) is 6.46. The maximum absolute atomic E-state index is 12.7. The molecule has 0 bridgehead atoms. The van der Waals surface area contributed by atoms with Crippen LogP contribution in [0.15, 0.2) is 32.3 Å². The molecule has 1 saturated heterocycles. The van der Waals surface area contributed by atoms with Crippen LogP contribution in [0, 0.1) is 0 Å². The van der Waals surface area contributed by atoms with Crippen LogP contribution >= 0.6 is 12.4 Å². The first-order chi connectivity index (χ1) is 12.9. The largest absolute Gasteiger partial charge is 0.419 e. The van der Waals surface area contributed by atoms with Crippen LogP contribution in [0.25, 0.3) is 11.1 Å². The number of carbonyl (C=O) groups excluding carboxylic acids is 1. The number of sulfonamides is 1. The Morgan fingerprint density at radius 1 is 1.21 bits per heavy atom. The Morgan fingerprint density at radius 3 is 2.61 bits per heavy atom. The third-order valence-electron chi connectivity index (χ3n) is 4.60. The summed E-state index contributed by atoms with van der Waals surface area (Å²) in [6, 6.07) is 4.42. The summed E-state index contributed by atoms with van der Waals surface area (Å²) in [6.45, 7) is 2.35. The van der Waals surface area contributed by atoms with Crippen LogP contribution in [0.3, 0.4) is 0 Å². The number of nitrogens with zero attached hydrogens (tertiary/aromatic N) is 2. The van der Waals surface area contributed by atoms with Crippen LogP contribution < -0.4 is 16.4 Å². The molecule has 0 atom stereocenters. The number of benzene rings is 1. The number of aromatic nitrogens is 1. The van der Waals surface area contributed by atoms with E-state index < -0.39 is 15.8 Å². The molecular formula is C17H25ClN4O5S. The van der Waals surface area contributed by atoms with Crippen molar-refractivity contribution in [2.75, 3.05) is 33.2 Å². The molecule has 2 aromatic rings. The van der Waals surface area contributed by atoms with E-state index in [0.717, 1.165) is 12.8 Å². The van der Waals surface area contributed by atoms with E-state index >= 15 is 0 Å². The second kappa shape index (κ2) is 9.55. The molecule has 1 aliphatic rings. The fourth-order valence-corrected chi connectivity index (χ4v) is 4.66. The molecule has 2 heterocycles. The normalized spacial score (nSPS) is 14.9. The molecule has 0 radical (unpaired) electrons. The number of oxazole rings is 1. The highest BCUT2D eigenvalue weighted by Gasteiger charge is 2.28. The van der Waals surface area contributed by atoms with E-state index in [1.165, 1.54) is 21.0 Å². The van der Waals surface area contributed by atoms with Crippen molar-refractivity contribution in [2.45, 2.75) is 30.7 Å². The van der Waals surface area contributed by atoms with E-state index in [4.69, 9.17) is 4.42 Å². The highest BCUT2D eigenvalue weighted by Crippen LogP contribution is 2.24. The lowest BCUT2D eigenvalue weighted by Crippen LogP contribution is -2.31. The first kappa shape index (κ1) is 22.4. The van der Waals surface area contributed by atoms with Crippen molar-refractivity contribution in [1.82, 2.24) is 19.5 Å². The second-order valence-corrected chi connectivity index (χ2v) is 8.40. The molecule has 1 amide bonds. The highest BCUT2D eigenvalue weighted by molar-refractivity contribution is 7.89. The number of aryl methyl sites for hydroxylation is 1. The average Bonchev–Trinajstić information content (AvgIpc) is 3.27. The monoisotopic (exact) mass is 432 g/mol. The van der Waals surface area contributed by atoms with Crippen LogP contribution in [0.4, 0.5) is 0 Å². The van der Waals surface area contributed by atoms with Gasteiger partial charge in [-0.3, -0.25) is 9.36 Å². The van der Waals surface area contributed by atoms with Gasteiger partial charge in [0.2, 0.25) is 15.9 Å². The van der Waals surface area contributed by atoms with Crippen molar-refractivity contribution in [1.29, 1.82) is 0 Å². The van der Waals surface area contributed by atoms with Gasteiger partial charge in [0.05, 0.1) is 10.4 Å². The van der Waals surface area contributed by atoms with Gasteiger partial charge in [-0.2, -0.15) is 4.31 Å². The molecule has 2 N–H and O–H groups in total. The average molecular weight is 433 g/mol. The molecule has 28 heavy (non-hydrogen) atoms. The van der Waals surface area contributed by atoms with Crippen molar-refractivity contribution < 1.29 is 17.6 Å². The molecule has 1 aromatic carbocycles. The number of hydrogen-bond acceptors (Lipinski definition) is 6. The summed E-state index contributed by atoms with van der Waals surface area (Å²) < 4.78 is 33.3. The van der Waals surface area contributed by atoms with Crippen molar-refractivity contribution >= 4 is 39.4 Å². The van der Waals surface area contributed by atoms with E-state index in [2.05, 4.69) is 10.6 Å². The third-order valence-corrected chi connectivity index (χ3v) is 6.50. The van der Waals surface area contributed by atoms with Crippen molar-refractivity contribution in [2.24, 2.45) is 0 Å². The summed E-state index contributed by atoms with van der Waals surface area (Å²) in [7, 11) is -1.79. The number of hydrogen-bond donors (Lipinski definition) is 2. The first-order valence-corrected chi connectivity index (χ1v) is 10.4. The van der Waals surface area contributed by atoms with E-state index in [1.807, 2.05) is 0 Å². The van der Waals surface area contributed by atoms with Crippen molar-refractivity contribution in [3.8, 4) is 0 Å². The SMILES string of the molecule is CNCCNC(=O)CCn1c(=O)oc2cc(S(=O)(=O)N3CCCC3)ccc21.Cl. The number of nitrogens with one attached hydrogen (secondary N) is 2. The molecule has 1 aromatic heterocycles. The molecule has 1 aliphatic heterocycles. The zero-order valence-corrected chi connectivity index (χ0v) is 17.3. The molecule has 0 saturated carbocycles. The zero-order chi connectivity index (χ0) is 19.4.